The summed E-state index contributed by atoms with van der Waals surface area (Å²) in [6, 6.07) is 15.3. The van der Waals surface area contributed by atoms with E-state index in [9.17, 15) is 5.11 Å². The third-order valence-corrected chi connectivity index (χ3v) is 7.57. The van der Waals surface area contributed by atoms with Gasteiger partial charge in [0.1, 0.15) is 6.61 Å². The van der Waals surface area contributed by atoms with Crippen molar-refractivity contribution in [2.75, 3.05) is 6.61 Å². The van der Waals surface area contributed by atoms with E-state index in [1.165, 1.54) is 54.4 Å². The van der Waals surface area contributed by atoms with Crippen molar-refractivity contribution < 1.29 is 9.94 Å². The zero-order chi connectivity index (χ0) is 22.6. The highest BCUT2D eigenvalue weighted by atomic mass is 16.6. The Morgan fingerprint density at radius 2 is 1.81 bits per heavy atom. The molecule has 0 spiro atoms. The van der Waals surface area contributed by atoms with Gasteiger partial charge in [-0.25, -0.2) is 0 Å². The molecule has 2 saturated carbocycles. The number of nitrogens with zero attached hydrogens (tertiary/aromatic N) is 1. The number of benzene rings is 2. The Bertz CT molecular complexity index is 931. The van der Waals surface area contributed by atoms with Gasteiger partial charge in [0.2, 0.25) is 0 Å². The molecule has 0 amide bonds. The van der Waals surface area contributed by atoms with Crippen molar-refractivity contribution >= 4 is 5.71 Å². The van der Waals surface area contributed by atoms with Gasteiger partial charge in [0, 0.05) is 5.54 Å². The lowest BCUT2D eigenvalue weighted by molar-refractivity contribution is 0.130. The van der Waals surface area contributed by atoms with Crippen molar-refractivity contribution in [2.24, 2.45) is 10.9 Å². The van der Waals surface area contributed by atoms with Crippen LogP contribution in [0.15, 0.2) is 47.6 Å². The first-order valence-corrected chi connectivity index (χ1v) is 12.2. The summed E-state index contributed by atoms with van der Waals surface area (Å²) in [6.07, 6.45) is 9.53. The molecule has 0 aliphatic heterocycles. The fourth-order valence-corrected chi connectivity index (χ4v) is 5.54. The van der Waals surface area contributed by atoms with Crippen LogP contribution in [0.2, 0.25) is 0 Å². The maximum Gasteiger partial charge on any atom is 0.142 e. The van der Waals surface area contributed by atoms with E-state index in [2.05, 4.69) is 54.5 Å². The van der Waals surface area contributed by atoms with Gasteiger partial charge in [-0.2, -0.15) is 0 Å². The summed E-state index contributed by atoms with van der Waals surface area (Å²) >= 11 is 0. The first-order chi connectivity index (χ1) is 15.5. The molecule has 0 radical (unpaired) electrons. The van der Waals surface area contributed by atoms with Gasteiger partial charge in [0.15, 0.2) is 0 Å². The van der Waals surface area contributed by atoms with Crippen molar-refractivity contribution in [1.82, 2.24) is 0 Å². The second-order valence-electron chi connectivity index (χ2n) is 10.1. The molecule has 2 aromatic rings. The maximum atomic E-state index is 9.51. The molecule has 0 saturated heterocycles. The van der Waals surface area contributed by atoms with Crippen molar-refractivity contribution in [3.8, 4) is 0 Å². The number of hydrogen-bond acceptors (Lipinski definition) is 4. The number of rotatable bonds is 7. The van der Waals surface area contributed by atoms with E-state index in [-0.39, 0.29) is 6.61 Å². The summed E-state index contributed by atoms with van der Waals surface area (Å²) in [4.78, 5) is 5.69. The third-order valence-electron chi connectivity index (χ3n) is 7.57. The Kier molecular flexibility index (Phi) is 7.32. The van der Waals surface area contributed by atoms with Crippen molar-refractivity contribution in [3.63, 3.8) is 0 Å². The number of hydrogen-bond donors (Lipinski definition) is 2. The first kappa shape index (κ1) is 23.0. The second-order valence-corrected chi connectivity index (χ2v) is 10.1. The van der Waals surface area contributed by atoms with Crippen LogP contribution in [-0.2, 0) is 11.4 Å². The minimum atomic E-state index is -0.415. The summed E-state index contributed by atoms with van der Waals surface area (Å²) in [6.45, 7) is 4.76. The fraction of sp³-hybridized carbons (Fsp3) is 0.536. The number of aryl methyl sites for hydroxylation is 1. The molecule has 2 atom stereocenters. The lowest BCUT2D eigenvalue weighted by Gasteiger charge is -2.23. The highest BCUT2D eigenvalue weighted by Crippen LogP contribution is 2.39. The van der Waals surface area contributed by atoms with Gasteiger partial charge in [-0.15, -0.1) is 0 Å². The van der Waals surface area contributed by atoms with Crippen LogP contribution in [0.1, 0.15) is 97.9 Å². The fourth-order valence-electron chi connectivity index (χ4n) is 5.54. The molecule has 4 rings (SSSR count). The van der Waals surface area contributed by atoms with Crippen LogP contribution in [-0.4, -0.2) is 23.0 Å². The summed E-state index contributed by atoms with van der Waals surface area (Å²) < 4.78 is 0. The minimum absolute atomic E-state index is 0.0630. The Labute approximate surface area is 192 Å². The lowest BCUT2D eigenvalue weighted by atomic mass is 9.82. The van der Waals surface area contributed by atoms with Crippen LogP contribution in [0.4, 0.5) is 0 Å². The zero-order valence-electron chi connectivity index (χ0n) is 19.6. The quantitative estimate of drug-likeness (QED) is 0.418. The molecule has 0 unspecified atom stereocenters. The van der Waals surface area contributed by atoms with Gasteiger partial charge in [-0.05, 0) is 85.6 Å². The van der Waals surface area contributed by atoms with Crippen LogP contribution < -0.4 is 5.73 Å². The predicted molar refractivity (Wildman–Crippen MR) is 131 cm³/mol. The average Bonchev–Trinajstić information content (AvgIpc) is 3.22. The summed E-state index contributed by atoms with van der Waals surface area (Å²) in [5.74, 6) is 1.16. The molecule has 0 heterocycles. The lowest BCUT2D eigenvalue weighted by Crippen LogP contribution is -2.40. The van der Waals surface area contributed by atoms with Crippen molar-refractivity contribution in [3.05, 3.63) is 70.3 Å². The molecule has 0 aromatic heterocycles. The summed E-state index contributed by atoms with van der Waals surface area (Å²) in [7, 11) is 0. The van der Waals surface area contributed by atoms with Crippen LogP contribution in [0.25, 0.3) is 0 Å². The second kappa shape index (κ2) is 10.2. The minimum Gasteiger partial charge on any atom is -0.394 e. The number of nitrogens with two attached hydrogens (primary N) is 1. The first-order valence-electron chi connectivity index (χ1n) is 12.2. The standard InChI is InChI=1S/C28H38N2O2/c1-20-16-22(8-13-27(20)25-6-4-3-5-7-25)18-32-30-21(2)23-9-11-24(12-10-23)26-14-15-28(29,17-26)19-31/h8-13,16,25-26,31H,3-7,14-15,17-19,29H2,1-2H3/b30-21+/t26-,28-/m1/s1. The maximum absolute atomic E-state index is 9.51. The van der Waals surface area contributed by atoms with E-state index in [0.717, 1.165) is 36.5 Å². The van der Waals surface area contributed by atoms with Gasteiger partial charge >= 0.3 is 0 Å². The van der Waals surface area contributed by atoms with Crippen LogP contribution in [0.5, 0.6) is 0 Å². The van der Waals surface area contributed by atoms with E-state index < -0.39 is 5.54 Å². The van der Waals surface area contributed by atoms with Gasteiger partial charge < -0.3 is 15.7 Å². The SMILES string of the molecule is C/C(=N\OCc1ccc(C2CCCCC2)c(C)c1)c1ccc([C@@H]2CC[C@](N)(CO)C2)cc1. The molecule has 2 aliphatic carbocycles. The Morgan fingerprint density at radius 1 is 1.06 bits per heavy atom. The molecule has 2 aliphatic rings. The van der Waals surface area contributed by atoms with E-state index in [1.807, 2.05) is 6.92 Å². The number of aliphatic hydroxyl groups is 1. The average molecular weight is 435 g/mol. The molecule has 4 heteroatoms. The monoisotopic (exact) mass is 434 g/mol. The predicted octanol–water partition coefficient (Wildman–Crippen LogP) is 5.94. The smallest absolute Gasteiger partial charge is 0.142 e. The van der Waals surface area contributed by atoms with Crippen molar-refractivity contribution in [2.45, 2.75) is 89.2 Å². The Hall–Kier alpha value is -2.17. The van der Waals surface area contributed by atoms with Gasteiger partial charge in [-0.1, -0.05) is 66.9 Å². The van der Waals surface area contributed by atoms with Crippen LogP contribution in [0.3, 0.4) is 0 Å². The van der Waals surface area contributed by atoms with Gasteiger partial charge in [-0.3, -0.25) is 0 Å². The normalized spacial score (nSPS) is 24.6. The summed E-state index contributed by atoms with van der Waals surface area (Å²) in [5.41, 5.74) is 13.1. The Balaban J connectivity index is 1.32. The molecule has 172 valence electrons. The molecule has 32 heavy (non-hydrogen) atoms. The van der Waals surface area contributed by atoms with Crippen LogP contribution in [0, 0.1) is 6.92 Å². The van der Waals surface area contributed by atoms with E-state index in [4.69, 9.17) is 10.6 Å². The Morgan fingerprint density at radius 3 is 2.47 bits per heavy atom. The topological polar surface area (TPSA) is 67.8 Å². The van der Waals surface area contributed by atoms with E-state index in [1.54, 1.807) is 0 Å². The molecule has 2 aromatic carbocycles. The number of aliphatic hydroxyl groups excluding tert-OH is 1. The largest absolute Gasteiger partial charge is 0.394 e. The summed E-state index contributed by atoms with van der Waals surface area (Å²) in [5, 5.41) is 13.9. The van der Waals surface area contributed by atoms with E-state index in [0.29, 0.717) is 12.5 Å². The third kappa shape index (κ3) is 5.41. The number of oxime groups is 1. The molecule has 2 fully saturated rings. The molecule has 0 bridgehead atoms. The molecule has 4 nitrogen and oxygen atoms in total. The highest BCUT2D eigenvalue weighted by molar-refractivity contribution is 5.98. The van der Waals surface area contributed by atoms with Crippen LogP contribution >= 0.6 is 0 Å². The molecule has 3 N–H and O–H groups in total. The van der Waals surface area contributed by atoms with Gasteiger partial charge in [0.05, 0.1) is 12.3 Å². The zero-order valence-corrected chi connectivity index (χ0v) is 19.6. The molecular weight excluding hydrogens is 396 g/mol. The highest BCUT2D eigenvalue weighted by Gasteiger charge is 2.35. The van der Waals surface area contributed by atoms with Crippen molar-refractivity contribution in [1.29, 1.82) is 0 Å². The van der Waals surface area contributed by atoms with E-state index >= 15 is 0 Å². The van der Waals surface area contributed by atoms with Gasteiger partial charge in [0.25, 0.3) is 0 Å². The molecular formula is C28H38N2O2.